The fourth-order valence-electron chi connectivity index (χ4n) is 1.16. The van der Waals surface area contributed by atoms with Crippen molar-refractivity contribution in [3.63, 3.8) is 0 Å². The molecule has 0 aromatic carbocycles. The van der Waals surface area contributed by atoms with Crippen LogP contribution in [0.25, 0.3) is 0 Å². The van der Waals surface area contributed by atoms with E-state index in [9.17, 15) is 4.79 Å². The Bertz CT molecular complexity index is 304. The zero-order valence-electron chi connectivity index (χ0n) is 6.91. The molecule has 0 amide bonds. The summed E-state index contributed by atoms with van der Waals surface area (Å²) in [5.41, 5.74) is 0.872. The fraction of sp³-hybridized carbons (Fsp3) is 0.625. The average Bonchev–Trinajstić information content (AvgIpc) is 2.82. The van der Waals surface area contributed by atoms with Crippen LogP contribution in [0.1, 0.15) is 35.1 Å². The molecular weight excluding hydrogens is 172 g/mol. The molecule has 0 bridgehead atoms. The Labute approximate surface area is 75.0 Å². The number of carbonyl (C=O) groups excluding carboxylic acids is 1. The van der Waals surface area contributed by atoms with Gasteiger partial charge in [0.1, 0.15) is 4.88 Å². The first-order valence-corrected chi connectivity index (χ1v) is 4.95. The minimum atomic E-state index is 0.266. The summed E-state index contributed by atoms with van der Waals surface area (Å²) in [6.45, 7) is 2.00. The lowest BCUT2D eigenvalue weighted by atomic mass is 10.2. The molecule has 1 aliphatic carbocycles. The second-order valence-electron chi connectivity index (χ2n) is 3.04. The molecule has 0 spiro atoms. The van der Waals surface area contributed by atoms with Crippen molar-refractivity contribution < 1.29 is 4.79 Å². The third-order valence-corrected chi connectivity index (χ3v) is 2.85. The van der Waals surface area contributed by atoms with Gasteiger partial charge in [0, 0.05) is 5.92 Å². The van der Waals surface area contributed by atoms with E-state index in [0.717, 1.165) is 29.8 Å². The maximum atomic E-state index is 11.6. The first kappa shape index (κ1) is 7.86. The highest BCUT2D eigenvalue weighted by Gasteiger charge is 2.32. The molecule has 0 radical (unpaired) electrons. The van der Waals surface area contributed by atoms with E-state index >= 15 is 0 Å². The summed E-state index contributed by atoms with van der Waals surface area (Å²) in [6.07, 6.45) is 2.92. The first-order valence-electron chi connectivity index (χ1n) is 4.18. The molecule has 12 heavy (non-hydrogen) atoms. The van der Waals surface area contributed by atoms with E-state index in [4.69, 9.17) is 0 Å². The van der Waals surface area contributed by atoms with Crippen LogP contribution < -0.4 is 0 Å². The maximum Gasteiger partial charge on any atom is 0.179 e. The van der Waals surface area contributed by atoms with Gasteiger partial charge in [0.05, 0.1) is 5.69 Å². The summed E-state index contributed by atoms with van der Waals surface area (Å²) in [6, 6.07) is 0. The number of hydrogen-bond donors (Lipinski definition) is 0. The highest BCUT2D eigenvalue weighted by Crippen LogP contribution is 2.34. The van der Waals surface area contributed by atoms with Crippen molar-refractivity contribution in [2.45, 2.75) is 26.2 Å². The Kier molecular flexibility index (Phi) is 1.92. The van der Waals surface area contributed by atoms with Crippen LogP contribution in [0.2, 0.25) is 0 Å². The van der Waals surface area contributed by atoms with E-state index in [1.54, 1.807) is 0 Å². The van der Waals surface area contributed by atoms with Gasteiger partial charge in [-0.25, -0.2) is 0 Å². The summed E-state index contributed by atoms with van der Waals surface area (Å²) in [7, 11) is 0. The van der Waals surface area contributed by atoms with Gasteiger partial charge in [-0.05, 0) is 30.8 Å². The number of nitrogens with zero attached hydrogens (tertiary/aromatic N) is 2. The maximum absolute atomic E-state index is 11.6. The summed E-state index contributed by atoms with van der Waals surface area (Å²) in [5.74, 6) is 0.555. The van der Waals surface area contributed by atoms with Gasteiger partial charge in [0.15, 0.2) is 5.78 Å². The number of aryl methyl sites for hydroxylation is 1. The first-order chi connectivity index (χ1) is 5.83. The fourth-order valence-corrected chi connectivity index (χ4v) is 1.93. The minimum absolute atomic E-state index is 0.266. The Morgan fingerprint density at radius 3 is 3.00 bits per heavy atom. The molecule has 0 aliphatic heterocycles. The molecule has 1 aromatic heterocycles. The molecule has 3 nitrogen and oxygen atoms in total. The SMILES string of the molecule is CCc1nnsc1C(=O)C1CC1. The standard InChI is InChI=1S/C8H10N2OS/c1-2-6-8(12-10-9-6)7(11)5-3-4-5/h5H,2-4H2,1H3. The molecule has 0 saturated heterocycles. The van der Waals surface area contributed by atoms with Crippen molar-refractivity contribution in [3.8, 4) is 0 Å². The molecule has 64 valence electrons. The van der Waals surface area contributed by atoms with Crippen LogP contribution in [0, 0.1) is 5.92 Å². The van der Waals surface area contributed by atoms with Gasteiger partial charge >= 0.3 is 0 Å². The van der Waals surface area contributed by atoms with Gasteiger partial charge < -0.3 is 0 Å². The molecule has 1 fully saturated rings. The number of carbonyl (C=O) groups is 1. The summed E-state index contributed by atoms with van der Waals surface area (Å²) >= 11 is 1.24. The van der Waals surface area contributed by atoms with Crippen molar-refractivity contribution in [2.24, 2.45) is 5.92 Å². The molecule has 0 atom stereocenters. The lowest BCUT2D eigenvalue weighted by Crippen LogP contribution is -2.01. The largest absolute Gasteiger partial charge is 0.293 e. The average molecular weight is 182 g/mol. The molecule has 1 saturated carbocycles. The molecule has 0 unspecified atom stereocenters. The highest BCUT2D eigenvalue weighted by atomic mass is 32.1. The van der Waals surface area contributed by atoms with Gasteiger partial charge in [-0.1, -0.05) is 11.4 Å². The van der Waals surface area contributed by atoms with Gasteiger partial charge in [0.2, 0.25) is 0 Å². The third-order valence-electron chi connectivity index (χ3n) is 2.06. The zero-order valence-corrected chi connectivity index (χ0v) is 7.73. The monoisotopic (exact) mass is 182 g/mol. The van der Waals surface area contributed by atoms with Crippen LogP contribution in [0.15, 0.2) is 0 Å². The molecule has 1 aliphatic rings. The van der Waals surface area contributed by atoms with Crippen molar-refractivity contribution in [1.29, 1.82) is 0 Å². The Balaban J connectivity index is 2.25. The Morgan fingerprint density at radius 1 is 1.67 bits per heavy atom. The highest BCUT2D eigenvalue weighted by molar-refractivity contribution is 7.08. The number of Topliss-reactive ketones (excluding diaryl/α,β-unsaturated/α-hetero) is 1. The van der Waals surface area contributed by atoms with E-state index in [1.807, 2.05) is 6.92 Å². The predicted molar refractivity (Wildman–Crippen MR) is 46.3 cm³/mol. The summed E-state index contributed by atoms with van der Waals surface area (Å²) < 4.78 is 3.80. The lowest BCUT2D eigenvalue weighted by Gasteiger charge is -1.93. The van der Waals surface area contributed by atoms with Crippen LogP contribution in [-0.4, -0.2) is 15.4 Å². The van der Waals surface area contributed by atoms with Gasteiger partial charge in [-0.15, -0.1) is 5.10 Å². The van der Waals surface area contributed by atoms with E-state index in [2.05, 4.69) is 9.59 Å². The molecule has 4 heteroatoms. The van der Waals surface area contributed by atoms with E-state index in [-0.39, 0.29) is 11.7 Å². The minimum Gasteiger partial charge on any atom is -0.293 e. The van der Waals surface area contributed by atoms with Crippen molar-refractivity contribution in [3.05, 3.63) is 10.6 Å². The van der Waals surface area contributed by atoms with E-state index in [0.29, 0.717) is 0 Å². The van der Waals surface area contributed by atoms with Crippen LogP contribution in [-0.2, 0) is 6.42 Å². The lowest BCUT2D eigenvalue weighted by molar-refractivity contribution is 0.0970. The predicted octanol–water partition coefficient (Wildman–Crippen LogP) is 1.69. The number of ketones is 1. The molecule has 2 rings (SSSR count). The molecular formula is C8H10N2OS. The van der Waals surface area contributed by atoms with Crippen LogP contribution in [0.3, 0.4) is 0 Å². The van der Waals surface area contributed by atoms with Crippen molar-refractivity contribution in [2.75, 3.05) is 0 Å². The number of hydrogen-bond acceptors (Lipinski definition) is 4. The van der Waals surface area contributed by atoms with E-state index < -0.39 is 0 Å². The molecule has 1 heterocycles. The Morgan fingerprint density at radius 2 is 2.42 bits per heavy atom. The Hall–Kier alpha value is -0.770. The second-order valence-corrected chi connectivity index (χ2v) is 3.79. The summed E-state index contributed by atoms with van der Waals surface area (Å²) in [5, 5.41) is 3.91. The number of rotatable bonds is 3. The van der Waals surface area contributed by atoms with Gasteiger partial charge in [-0.2, -0.15) is 0 Å². The molecule has 0 N–H and O–H groups in total. The van der Waals surface area contributed by atoms with Crippen LogP contribution in [0.4, 0.5) is 0 Å². The second kappa shape index (κ2) is 2.94. The molecule has 1 aromatic rings. The van der Waals surface area contributed by atoms with Crippen LogP contribution >= 0.6 is 11.5 Å². The van der Waals surface area contributed by atoms with Gasteiger partial charge in [0.25, 0.3) is 0 Å². The zero-order chi connectivity index (χ0) is 8.55. The smallest absolute Gasteiger partial charge is 0.179 e. The normalized spacial score (nSPS) is 16.4. The topological polar surface area (TPSA) is 42.9 Å². The quantitative estimate of drug-likeness (QED) is 0.668. The van der Waals surface area contributed by atoms with Gasteiger partial charge in [-0.3, -0.25) is 4.79 Å². The van der Waals surface area contributed by atoms with Crippen molar-refractivity contribution in [1.82, 2.24) is 9.59 Å². The number of aromatic nitrogens is 2. The van der Waals surface area contributed by atoms with E-state index in [1.165, 1.54) is 11.5 Å². The third kappa shape index (κ3) is 1.27. The summed E-state index contributed by atoms with van der Waals surface area (Å²) in [4.78, 5) is 12.4. The van der Waals surface area contributed by atoms with Crippen LogP contribution in [0.5, 0.6) is 0 Å². The van der Waals surface area contributed by atoms with Crippen molar-refractivity contribution >= 4 is 17.3 Å².